The summed E-state index contributed by atoms with van der Waals surface area (Å²) in [6, 6.07) is 9.19. The molecule has 0 aliphatic carbocycles. The number of halogens is 1. The molecule has 5 heteroatoms. The van der Waals surface area contributed by atoms with Crippen LogP contribution in [0.15, 0.2) is 35.7 Å². The summed E-state index contributed by atoms with van der Waals surface area (Å²) in [5.74, 6) is 0. The minimum atomic E-state index is -0.0563. The number of anilines is 1. The Morgan fingerprint density at radius 2 is 2.05 bits per heavy atom. The van der Waals surface area contributed by atoms with E-state index in [9.17, 15) is 4.79 Å². The van der Waals surface area contributed by atoms with Gasteiger partial charge in [-0.15, -0.1) is 11.3 Å². The second-order valence-corrected chi connectivity index (χ2v) is 5.91. The van der Waals surface area contributed by atoms with E-state index in [1.807, 2.05) is 4.90 Å². The quantitative estimate of drug-likeness (QED) is 0.847. The molecule has 0 spiro atoms. The number of thiophene rings is 1. The molecular weight excluding hydrogens is 280 g/mol. The topological polar surface area (TPSA) is 32.3 Å². The standard InChI is InChI=1S/C14H13ClN2OS/c15-11-1-3-12(4-2-11)16-14(18)17-7-5-13-10(9-17)6-8-19-13/h1-4,6,8H,5,7,9H2,(H,16,18). The first kappa shape index (κ1) is 12.5. The van der Waals surface area contributed by atoms with Crippen LogP contribution < -0.4 is 5.32 Å². The third kappa shape index (κ3) is 2.74. The normalized spacial score (nSPS) is 14.1. The number of carbonyl (C=O) groups is 1. The summed E-state index contributed by atoms with van der Waals surface area (Å²) < 4.78 is 0. The van der Waals surface area contributed by atoms with Crippen molar-refractivity contribution in [2.75, 3.05) is 11.9 Å². The molecule has 2 aromatic rings. The van der Waals surface area contributed by atoms with E-state index in [1.165, 1.54) is 10.4 Å². The van der Waals surface area contributed by atoms with Gasteiger partial charge in [0.25, 0.3) is 0 Å². The molecule has 1 aromatic carbocycles. The first-order valence-electron chi connectivity index (χ1n) is 6.09. The number of benzene rings is 1. The van der Waals surface area contributed by atoms with Gasteiger partial charge in [-0.2, -0.15) is 0 Å². The van der Waals surface area contributed by atoms with Crippen LogP contribution in [-0.4, -0.2) is 17.5 Å². The summed E-state index contributed by atoms with van der Waals surface area (Å²) in [5, 5.41) is 5.65. The van der Waals surface area contributed by atoms with Gasteiger partial charge in [0.2, 0.25) is 0 Å². The molecule has 0 unspecified atom stereocenters. The van der Waals surface area contributed by atoms with E-state index in [4.69, 9.17) is 11.6 Å². The van der Waals surface area contributed by atoms with E-state index in [2.05, 4.69) is 16.8 Å². The zero-order valence-electron chi connectivity index (χ0n) is 10.2. The fraction of sp³-hybridized carbons (Fsp3) is 0.214. The average molecular weight is 293 g/mol. The molecule has 0 fully saturated rings. The smallest absolute Gasteiger partial charge is 0.320 e. The Kier molecular flexibility index (Phi) is 3.44. The lowest BCUT2D eigenvalue weighted by molar-refractivity contribution is 0.207. The summed E-state index contributed by atoms with van der Waals surface area (Å²) in [6.45, 7) is 1.46. The van der Waals surface area contributed by atoms with Crippen LogP contribution in [0.1, 0.15) is 10.4 Å². The second kappa shape index (κ2) is 5.23. The highest BCUT2D eigenvalue weighted by atomic mass is 35.5. The number of hydrogen-bond acceptors (Lipinski definition) is 2. The van der Waals surface area contributed by atoms with Crippen LogP contribution in [-0.2, 0) is 13.0 Å². The summed E-state index contributed by atoms with van der Waals surface area (Å²) in [4.78, 5) is 15.4. The van der Waals surface area contributed by atoms with Gasteiger partial charge in [0, 0.05) is 28.7 Å². The molecule has 0 saturated carbocycles. The van der Waals surface area contributed by atoms with Crippen LogP contribution in [0.25, 0.3) is 0 Å². The van der Waals surface area contributed by atoms with Crippen molar-refractivity contribution in [2.24, 2.45) is 0 Å². The molecule has 3 rings (SSSR count). The molecule has 3 nitrogen and oxygen atoms in total. The lowest BCUT2D eigenvalue weighted by atomic mass is 10.1. The zero-order valence-corrected chi connectivity index (χ0v) is 11.8. The van der Waals surface area contributed by atoms with Gasteiger partial charge in [-0.25, -0.2) is 4.79 Å². The number of fused-ring (bicyclic) bond motifs is 1. The maximum Gasteiger partial charge on any atom is 0.322 e. The van der Waals surface area contributed by atoms with Crippen molar-refractivity contribution in [3.63, 3.8) is 0 Å². The third-order valence-electron chi connectivity index (χ3n) is 3.19. The van der Waals surface area contributed by atoms with Crippen LogP contribution in [0.3, 0.4) is 0 Å². The van der Waals surface area contributed by atoms with E-state index in [1.54, 1.807) is 35.6 Å². The number of hydrogen-bond donors (Lipinski definition) is 1. The first-order valence-corrected chi connectivity index (χ1v) is 7.35. The summed E-state index contributed by atoms with van der Waals surface area (Å²) in [7, 11) is 0. The van der Waals surface area contributed by atoms with Gasteiger partial charge in [-0.1, -0.05) is 11.6 Å². The third-order valence-corrected chi connectivity index (χ3v) is 4.47. The summed E-state index contributed by atoms with van der Waals surface area (Å²) in [5.41, 5.74) is 2.04. The lowest BCUT2D eigenvalue weighted by Gasteiger charge is -2.27. The van der Waals surface area contributed by atoms with Gasteiger partial charge >= 0.3 is 6.03 Å². The Labute approximate surface area is 120 Å². The molecule has 0 bridgehead atoms. The molecule has 2 heterocycles. The van der Waals surface area contributed by atoms with E-state index >= 15 is 0 Å². The van der Waals surface area contributed by atoms with E-state index in [0.29, 0.717) is 11.6 Å². The Morgan fingerprint density at radius 1 is 1.26 bits per heavy atom. The first-order chi connectivity index (χ1) is 9.22. The zero-order chi connectivity index (χ0) is 13.2. The molecule has 1 aromatic heterocycles. The van der Waals surface area contributed by atoms with Crippen LogP contribution in [0.4, 0.5) is 10.5 Å². The van der Waals surface area contributed by atoms with Crippen LogP contribution >= 0.6 is 22.9 Å². The highest BCUT2D eigenvalue weighted by Crippen LogP contribution is 2.24. The Balaban J connectivity index is 1.67. The SMILES string of the molecule is O=C(Nc1ccc(Cl)cc1)N1CCc2sccc2C1. The fourth-order valence-electron chi connectivity index (χ4n) is 2.16. The van der Waals surface area contributed by atoms with E-state index in [-0.39, 0.29) is 6.03 Å². The second-order valence-electron chi connectivity index (χ2n) is 4.48. The Hall–Kier alpha value is -1.52. The van der Waals surface area contributed by atoms with Crippen LogP contribution in [0.2, 0.25) is 5.02 Å². The van der Waals surface area contributed by atoms with Gasteiger partial charge in [0.05, 0.1) is 0 Å². The minimum Gasteiger partial charge on any atom is -0.320 e. The summed E-state index contributed by atoms with van der Waals surface area (Å²) >= 11 is 7.59. The van der Waals surface area contributed by atoms with Crippen molar-refractivity contribution >= 4 is 34.7 Å². The molecule has 0 atom stereocenters. The molecule has 19 heavy (non-hydrogen) atoms. The molecule has 1 aliphatic rings. The number of amides is 2. The molecule has 1 aliphatic heterocycles. The van der Waals surface area contributed by atoms with Crippen molar-refractivity contribution < 1.29 is 4.79 Å². The number of nitrogens with zero attached hydrogens (tertiary/aromatic N) is 1. The molecule has 0 radical (unpaired) electrons. The van der Waals surface area contributed by atoms with Crippen molar-refractivity contribution in [2.45, 2.75) is 13.0 Å². The maximum atomic E-state index is 12.2. The predicted molar refractivity (Wildman–Crippen MR) is 78.9 cm³/mol. The van der Waals surface area contributed by atoms with Gasteiger partial charge in [0.15, 0.2) is 0 Å². The van der Waals surface area contributed by atoms with Gasteiger partial charge in [0.1, 0.15) is 0 Å². The minimum absolute atomic E-state index is 0.0563. The molecular formula is C14H13ClN2OS. The van der Waals surface area contributed by atoms with Crippen molar-refractivity contribution in [3.05, 3.63) is 51.2 Å². The predicted octanol–water partition coefficient (Wildman–Crippen LogP) is 3.99. The highest BCUT2D eigenvalue weighted by molar-refractivity contribution is 7.10. The number of urea groups is 1. The largest absolute Gasteiger partial charge is 0.322 e. The van der Waals surface area contributed by atoms with Gasteiger partial charge in [-0.3, -0.25) is 0 Å². The fourth-order valence-corrected chi connectivity index (χ4v) is 3.17. The van der Waals surface area contributed by atoms with E-state index in [0.717, 1.165) is 18.7 Å². The average Bonchev–Trinajstić information content (AvgIpc) is 2.88. The van der Waals surface area contributed by atoms with Crippen molar-refractivity contribution in [3.8, 4) is 0 Å². The molecule has 2 amide bonds. The Morgan fingerprint density at radius 3 is 2.84 bits per heavy atom. The number of carbonyl (C=O) groups excluding carboxylic acids is 1. The number of rotatable bonds is 1. The van der Waals surface area contributed by atoms with E-state index < -0.39 is 0 Å². The lowest BCUT2D eigenvalue weighted by Crippen LogP contribution is -2.38. The molecule has 98 valence electrons. The van der Waals surface area contributed by atoms with Gasteiger partial charge < -0.3 is 10.2 Å². The Bertz CT molecular complexity index is 594. The maximum absolute atomic E-state index is 12.2. The van der Waals surface area contributed by atoms with Crippen LogP contribution in [0, 0.1) is 0 Å². The monoisotopic (exact) mass is 292 g/mol. The highest BCUT2D eigenvalue weighted by Gasteiger charge is 2.21. The number of nitrogens with one attached hydrogen (secondary N) is 1. The van der Waals surface area contributed by atoms with Gasteiger partial charge in [-0.05, 0) is 47.7 Å². The van der Waals surface area contributed by atoms with Crippen molar-refractivity contribution in [1.82, 2.24) is 4.90 Å². The summed E-state index contributed by atoms with van der Waals surface area (Å²) in [6.07, 6.45) is 0.945. The molecule has 1 N–H and O–H groups in total. The van der Waals surface area contributed by atoms with Crippen LogP contribution in [0.5, 0.6) is 0 Å². The van der Waals surface area contributed by atoms with Crippen molar-refractivity contribution in [1.29, 1.82) is 0 Å². The molecule has 0 saturated heterocycles.